The molecule has 1 fully saturated rings. The lowest BCUT2D eigenvalue weighted by Gasteiger charge is -2.19. The summed E-state index contributed by atoms with van der Waals surface area (Å²) in [5.74, 6) is 0.472. The molecule has 5 heteroatoms. The van der Waals surface area contributed by atoms with Gasteiger partial charge >= 0.3 is 5.97 Å². The summed E-state index contributed by atoms with van der Waals surface area (Å²) in [6, 6.07) is 0. The Hall–Kier alpha value is -1.36. The molecule has 17 heavy (non-hydrogen) atoms. The Morgan fingerprint density at radius 1 is 1.53 bits per heavy atom. The van der Waals surface area contributed by atoms with Crippen LogP contribution in [0.2, 0.25) is 0 Å². The van der Waals surface area contributed by atoms with E-state index in [2.05, 4.69) is 4.98 Å². The number of carboxylic acid groups (broad SMARTS) is 1. The zero-order valence-corrected chi connectivity index (χ0v) is 9.63. The monoisotopic (exact) mass is 236 g/mol. The van der Waals surface area contributed by atoms with Gasteiger partial charge in [-0.1, -0.05) is 0 Å². The molecular formula is C12H16N2O3. The van der Waals surface area contributed by atoms with Crippen LogP contribution < -0.4 is 0 Å². The second kappa shape index (κ2) is 4.14. The smallest absolute Gasteiger partial charge is 0.308 e. The van der Waals surface area contributed by atoms with Crippen LogP contribution in [0.4, 0.5) is 0 Å². The van der Waals surface area contributed by atoms with Crippen LogP contribution in [0.1, 0.15) is 30.3 Å². The van der Waals surface area contributed by atoms with Gasteiger partial charge in [-0.3, -0.25) is 4.79 Å². The van der Waals surface area contributed by atoms with E-state index in [1.165, 1.54) is 0 Å². The van der Waals surface area contributed by atoms with E-state index in [1.807, 2.05) is 10.8 Å². The fraction of sp³-hybridized carbons (Fsp3) is 0.667. The Morgan fingerprint density at radius 2 is 2.41 bits per heavy atom. The fourth-order valence-electron chi connectivity index (χ4n) is 2.63. The maximum Gasteiger partial charge on any atom is 0.308 e. The first-order chi connectivity index (χ1) is 8.24. The van der Waals surface area contributed by atoms with E-state index in [1.54, 1.807) is 0 Å². The van der Waals surface area contributed by atoms with Crippen LogP contribution in [0.25, 0.3) is 0 Å². The fourth-order valence-corrected chi connectivity index (χ4v) is 2.63. The van der Waals surface area contributed by atoms with Gasteiger partial charge in [0.2, 0.25) is 0 Å². The number of aryl methyl sites for hydroxylation is 1. The molecule has 2 aliphatic heterocycles. The summed E-state index contributed by atoms with van der Waals surface area (Å²) >= 11 is 0. The molecule has 0 amide bonds. The van der Waals surface area contributed by atoms with Gasteiger partial charge in [-0.15, -0.1) is 0 Å². The number of rotatable bonds is 2. The van der Waals surface area contributed by atoms with Crippen molar-refractivity contribution in [2.75, 3.05) is 13.2 Å². The minimum atomic E-state index is -0.699. The molecule has 2 unspecified atom stereocenters. The van der Waals surface area contributed by atoms with E-state index >= 15 is 0 Å². The van der Waals surface area contributed by atoms with Crippen LogP contribution in [0, 0.1) is 5.92 Å². The molecule has 0 spiro atoms. The molecule has 3 rings (SSSR count). The summed E-state index contributed by atoms with van der Waals surface area (Å²) in [6.07, 6.45) is 4.51. The van der Waals surface area contributed by atoms with Crippen molar-refractivity contribution in [2.24, 2.45) is 5.92 Å². The molecule has 1 aromatic rings. The van der Waals surface area contributed by atoms with Crippen molar-refractivity contribution in [3.05, 3.63) is 17.7 Å². The van der Waals surface area contributed by atoms with E-state index in [0.29, 0.717) is 18.9 Å². The molecule has 0 radical (unpaired) electrons. The Morgan fingerprint density at radius 3 is 3.12 bits per heavy atom. The van der Waals surface area contributed by atoms with Crippen LogP contribution in [-0.2, 0) is 22.5 Å². The van der Waals surface area contributed by atoms with Crippen molar-refractivity contribution in [1.29, 1.82) is 0 Å². The van der Waals surface area contributed by atoms with Crippen molar-refractivity contribution in [2.45, 2.75) is 31.7 Å². The molecule has 92 valence electrons. The number of aliphatic carboxylic acids is 1. The molecule has 1 N–H and O–H groups in total. The van der Waals surface area contributed by atoms with Gasteiger partial charge in [-0.2, -0.15) is 0 Å². The summed E-state index contributed by atoms with van der Waals surface area (Å²) in [4.78, 5) is 15.6. The van der Waals surface area contributed by atoms with E-state index < -0.39 is 5.97 Å². The van der Waals surface area contributed by atoms with Crippen LogP contribution in [-0.4, -0.2) is 33.8 Å². The molecule has 2 atom stereocenters. The second-order valence-electron chi connectivity index (χ2n) is 4.87. The highest BCUT2D eigenvalue weighted by atomic mass is 16.5. The minimum Gasteiger partial charge on any atom is -0.481 e. The zero-order valence-electron chi connectivity index (χ0n) is 9.63. The third kappa shape index (κ3) is 1.95. The van der Waals surface area contributed by atoms with Gasteiger partial charge in [0.15, 0.2) is 0 Å². The first kappa shape index (κ1) is 10.8. The average Bonchev–Trinajstić information content (AvgIpc) is 2.96. The van der Waals surface area contributed by atoms with E-state index in [0.717, 1.165) is 37.6 Å². The number of nitrogens with zero attached hydrogens (tertiary/aromatic N) is 2. The molecule has 0 bridgehead atoms. The summed E-state index contributed by atoms with van der Waals surface area (Å²) in [6.45, 7) is 2.12. The first-order valence-corrected chi connectivity index (χ1v) is 6.10. The molecule has 0 saturated carbocycles. The molecular weight excluding hydrogens is 220 g/mol. The highest BCUT2D eigenvalue weighted by molar-refractivity contribution is 5.70. The Balaban J connectivity index is 1.81. The average molecular weight is 236 g/mol. The summed E-state index contributed by atoms with van der Waals surface area (Å²) in [7, 11) is 0. The van der Waals surface area contributed by atoms with Crippen molar-refractivity contribution in [1.82, 2.24) is 9.55 Å². The van der Waals surface area contributed by atoms with E-state index in [4.69, 9.17) is 9.84 Å². The number of hydrogen-bond acceptors (Lipinski definition) is 3. The normalized spacial score (nSPS) is 28.0. The van der Waals surface area contributed by atoms with E-state index in [9.17, 15) is 4.79 Å². The molecule has 1 aromatic heterocycles. The number of imidazole rings is 1. The van der Waals surface area contributed by atoms with Gasteiger partial charge in [0.05, 0.1) is 18.2 Å². The standard InChI is InChI=1S/C12H16N2O3/c15-12(16)8-1-2-11-13-10(6-14(11)5-8)9-3-4-17-7-9/h6,8-9H,1-5,7H2,(H,15,16). The highest BCUT2D eigenvalue weighted by Gasteiger charge is 2.28. The van der Waals surface area contributed by atoms with Crippen LogP contribution >= 0.6 is 0 Å². The van der Waals surface area contributed by atoms with Gasteiger partial charge in [0.1, 0.15) is 5.82 Å². The van der Waals surface area contributed by atoms with Crippen molar-refractivity contribution in [3.8, 4) is 0 Å². The third-order valence-corrected chi connectivity index (χ3v) is 3.71. The number of carboxylic acids is 1. The number of hydrogen-bond donors (Lipinski definition) is 1. The molecule has 3 heterocycles. The highest BCUT2D eigenvalue weighted by Crippen LogP contribution is 2.27. The lowest BCUT2D eigenvalue weighted by Crippen LogP contribution is -2.26. The van der Waals surface area contributed by atoms with Crippen molar-refractivity contribution >= 4 is 5.97 Å². The molecule has 1 saturated heterocycles. The maximum atomic E-state index is 11.0. The van der Waals surface area contributed by atoms with Gasteiger partial charge in [0, 0.05) is 31.7 Å². The van der Waals surface area contributed by atoms with E-state index in [-0.39, 0.29) is 5.92 Å². The minimum absolute atomic E-state index is 0.260. The number of carbonyl (C=O) groups is 1. The number of aromatic nitrogens is 2. The third-order valence-electron chi connectivity index (χ3n) is 3.71. The maximum absolute atomic E-state index is 11.0. The van der Waals surface area contributed by atoms with Gasteiger partial charge in [-0.25, -0.2) is 4.98 Å². The number of ether oxygens (including phenoxy) is 1. The van der Waals surface area contributed by atoms with Crippen LogP contribution in [0.5, 0.6) is 0 Å². The van der Waals surface area contributed by atoms with Crippen LogP contribution in [0.3, 0.4) is 0 Å². The molecule has 5 nitrogen and oxygen atoms in total. The lowest BCUT2D eigenvalue weighted by molar-refractivity contribution is -0.142. The van der Waals surface area contributed by atoms with Crippen molar-refractivity contribution < 1.29 is 14.6 Å². The summed E-state index contributed by atoms with van der Waals surface area (Å²) in [5.41, 5.74) is 1.07. The quantitative estimate of drug-likeness (QED) is 0.833. The number of fused-ring (bicyclic) bond motifs is 1. The Labute approximate surface area is 99.4 Å². The van der Waals surface area contributed by atoms with Gasteiger partial charge in [0.25, 0.3) is 0 Å². The van der Waals surface area contributed by atoms with Gasteiger partial charge in [-0.05, 0) is 12.8 Å². The molecule has 0 aromatic carbocycles. The molecule has 2 aliphatic rings. The SMILES string of the molecule is O=C(O)C1CCc2nc(C3CCOC3)cn2C1. The lowest BCUT2D eigenvalue weighted by atomic mass is 10.00. The summed E-state index contributed by atoms with van der Waals surface area (Å²) in [5, 5.41) is 9.03. The van der Waals surface area contributed by atoms with Crippen LogP contribution in [0.15, 0.2) is 6.20 Å². The predicted molar refractivity (Wildman–Crippen MR) is 59.9 cm³/mol. The van der Waals surface area contributed by atoms with Crippen molar-refractivity contribution in [3.63, 3.8) is 0 Å². The summed E-state index contributed by atoms with van der Waals surface area (Å²) < 4.78 is 7.37. The predicted octanol–water partition coefficient (Wildman–Crippen LogP) is 1.03. The van der Waals surface area contributed by atoms with Gasteiger partial charge < -0.3 is 14.4 Å². The Kier molecular flexibility index (Phi) is 2.63. The second-order valence-corrected chi connectivity index (χ2v) is 4.87. The first-order valence-electron chi connectivity index (χ1n) is 6.10. The Bertz CT molecular complexity index is 435. The molecule has 0 aliphatic carbocycles. The topological polar surface area (TPSA) is 64.3 Å². The zero-order chi connectivity index (χ0) is 11.8. The largest absolute Gasteiger partial charge is 0.481 e.